The molecule has 1 aliphatic carbocycles. The Balaban J connectivity index is 1.33. The van der Waals surface area contributed by atoms with Crippen LogP contribution in [0, 0.1) is 0 Å². The second-order valence-electron chi connectivity index (χ2n) is 7.12. The van der Waals surface area contributed by atoms with Gasteiger partial charge in [-0.2, -0.15) is 0 Å². The molecule has 3 rings (SSSR count). The maximum Gasteiger partial charge on any atom is 0.193 e. The normalized spacial score (nSPS) is 19.7. The van der Waals surface area contributed by atoms with Gasteiger partial charge in [-0.1, -0.05) is 25.3 Å². The molecule has 0 unspecified atom stereocenters. The van der Waals surface area contributed by atoms with Crippen molar-refractivity contribution in [2.24, 2.45) is 4.99 Å². The Morgan fingerprint density at radius 3 is 2.69 bits per heavy atom. The van der Waals surface area contributed by atoms with Crippen LogP contribution in [0.4, 0.5) is 5.82 Å². The van der Waals surface area contributed by atoms with Crippen molar-refractivity contribution >= 4 is 11.8 Å². The monoisotopic (exact) mass is 359 g/mol. The molecular formula is C20H33N5O. The summed E-state index contributed by atoms with van der Waals surface area (Å²) >= 11 is 0. The van der Waals surface area contributed by atoms with E-state index in [1.807, 2.05) is 25.4 Å². The zero-order chi connectivity index (χ0) is 18.0. The van der Waals surface area contributed by atoms with E-state index in [-0.39, 0.29) is 0 Å². The standard InChI is InChI=1S/C20H33N5O/c1-21-20(23-12-7-17-26-18-8-3-2-4-9-18)25-15-13-24(14-16-25)19-10-5-6-11-22-19/h5-6,10-11,18H,2-4,7-9,12-17H2,1H3,(H,21,23). The van der Waals surface area contributed by atoms with Gasteiger partial charge in [0.25, 0.3) is 0 Å². The summed E-state index contributed by atoms with van der Waals surface area (Å²) in [6.07, 6.45) is 9.93. The highest BCUT2D eigenvalue weighted by Gasteiger charge is 2.20. The zero-order valence-corrected chi connectivity index (χ0v) is 16.1. The van der Waals surface area contributed by atoms with Gasteiger partial charge in [0.15, 0.2) is 5.96 Å². The molecule has 2 aliphatic rings. The number of nitrogens with zero attached hydrogens (tertiary/aromatic N) is 4. The van der Waals surface area contributed by atoms with Crippen LogP contribution in [0.2, 0.25) is 0 Å². The topological polar surface area (TPSA) is 53.0 Å². The molecule has 1 saturated carbocycles. The van der Waals surface area contributed by atoms with Crippen LogP contribution >= 0.6 is 0 Å². The summed E-state index contributed by atoms with van der Waals surface area (Å²) in [4.78, 5) is 13.6. The van der Waals surface area contributed by atoms with Gasteiger partial charge >= 0.3 is 0 Å². The molecule has 1 saturated heterocycles. The summed E-state index contributed by atoms with van der Waals surface area (Å²) in [5, 5.41) is 3.49. The van der Waals surface area contributed by atoms with Crippen LogP contribution in [-0.4, -0.2) is 68.3 Å². The fraction of sp³-hybridized carbons (Fsp3) is 0.700. The minimum Gasteiger partial charge on any atom is -0.378 e. The van der Waals surface area contributed by atoms with Gasteiger partial charge in [-0.15, -0.1) is 0 Å². The SMILES string of the molecule is CN=C(NCCCOC1CCCCC1)N1CCN(c2ccccn2)CC1. The molecule has 1 aromatic rings. The second kappa shape index (κ2) is 10.4. The van der Waals surface area contributed by atoms with Crippen molar-refractivity contribution in [2.75, 3.05) is 51.3 Å². The Kier molecular flexibility index (Phi) is 7.55. The Hall–Kier alpha value is -1.82. The van der Waals surface area contributed by atoms with Crippen molar-refractivity contribution < 1.29 is 4.74 Å². The number of pyridine rings is 1. The van der Waals surface area contributed by atoms with Gasteiger partial charge < -0.3 is 19.9 Å². The van der Waals surface area contributed by atoms with Crippen molar-refractivity contribution in [3.8, 4) is 0 Å². The maximum atomic E-state index is 6.00. The van der Waals surface area contributed by atoms with Crippen LogP contribution < -0.4 is 10.2 Å². The summed E-state index contributed by atoms with van der Waals surface area (Å²) < 4.78 is 6.00. The van der Waals surface area contributed by atoms with E-state index < -0.39 is 0 Å². The average Bonchev–Trinajstić information content (AvgIpc) is 2.72. The van der Waals surface area contributed by atoms with Crippen LogP contribution in [-0.2, 0) is 4.74 Å². The minimum absolute atomic E-state index is 0.503. The number of nitrogens with one attached hydrogen (secondary N) is 1. The molecule has 1 aromatic heterocycles. The minimum atomic E-state index is 0.503. The zero-order valence-electron chi connectivity index (χ0n) is 16.1. The third kappa shape index (κ3) is 5.59. The fourth-order valence-corrected chi connectivity index (χ4v) is 3.77. The van der Waals surface area contributed by atoms with E-state index in [1.54, 1.807) is 0 Å². The molecule has 2 heterocycles. The Labute approximate surface area is 157 Å². The first kappa shape index (κ1) is 19.0. The first-order valence-corrected chi connectivity index (χ1v) is 10.1. The number of guanidine groups is 1. The van der Waals surface area contributed by atoms with Gasteiger partial charge in [0.05, 0.1) is 6.10 Å². The lowest BCUT2D eigenvalue weighted by Crippen LogP contribution is -2.52. The number of hydrogen-bond acceptors (Lipinski definition) is 4. The molecule has 0 radical (unpaired) electrons. The molecule has 26 heavy (non-hydrogen) atoms. The summed E-state index contributed by atoms with van der Waals surface area (Å²) in [6, 6.07) is 6.09. The summed E-state index contributed by atoms with van der Waals surface area (Å²) in [5.41, 5.74) is 0. The van der Waals surface area contributed by atoms with Gasteiger partial charge in [-0.25, -0.2) is 4.98 Å². The van der Waals surface area contributed by atoms with Crippen molar-refractivity contribution in [2.45, 2.75) is 44.6 Å². The number of aromatic nitrogens is 1. The molecular weight excluding hydrogens is 326 g/mol. The highest BCUT2D eigenvalue weighted by Crippen LogP contribution is 2.20. The number of rotatable bonds is 6. The van der Waals surface area contributed by atoms with E-state index in [9.17, 15) is 0 Å². The molecule has 6 nitrogen and oxygen atoms in total. The number of piperazine rings is 1. The van der Waals surface area contributed by atoms with Crippen LogP contribution in [0.25, 0.3) is 0 Å². The van der Waals surface area contributed by atoms with Crippen LogP contribution in [0.15, 0.2) is 29.4 Å². The molecule has 0 atom stereocenters. The quantitative estimate of drug-likeness (QED) is 0.480. The molecule has 144 valence electrons. The molecule has 1 aliphatic heterocycles. The van der Waals surface area contributed by atoms with E-state index in [4.69, 9.17) is 4.74 Å². The van der Waals surface area contributed by atoms with Crippen LogP contribution in [0.1, 0.15) is 38.5 Å². The predicted molar refractivity (Wildman–Crippen MR) is 107 cm³/mol. The first-order valence-electron chi connectivity index (χ1n) is 10.1. The lowest BCUT2D eigenvalue weighted by atomic mass is 9.98. The smallest absolute Gasteiger partial charge is 0.193 e. The van der Waals surface area contributed by atoms with Gasteiger partial charge in [-0.05, 0) is 31.4 Å². The van der Waals surface area contributed by atoms with Gasteiger partial charge in [0, 0.05) is 52.6 Å². The number of aliphatic imine (C=N–C) groups is 1. The molecule has 2 fully saturated rings. The molecule has 0 aromatic carbocycles. The van der Waals surface area contributed by atoms with Crippen molar-refractivity contribution in [1.29, 1.82) is 0 Å². The van der Waals surface area contributed by atoms with Gasteiger partial charge in [-0.3, -0.25) is 4.99 Å². The third-order valence-corrected chi connectivity index (χ3v) is 5.27. The van der Waals surface area contributed by atoms with E-state index in [0.29, 0.717) is 6.10 Å². The largest absolute Gasteiger partial charge is 0.378 e. The number of ether oxygens (including phenoxy) is 1. The maximum absolute atomic E-state index is 6.00. The lowest BCUT2D eigenvalue weighted by molar-refractivity contribution is 0.0276. The highest BCUT2D eigenvalue weighted by molar-refractivity contribution is 5.80. The van der Waals surface area contributed by atoms with Gasteiger partial charge in [0.2, 0.25) is 0 Å². The van der Waals surface area contributed by atoms with Crippen LogP contribution in [0.3, 0.4) is 0 Å². The van der Waals surface area contributed by atoms with Crippen molar-refractivity contribution in [3.63, 3.8) is 0 Å². The number of anilines is 1. The van der Waals surface area contributed by atoms with Gasteiger partial charge in [0.1, 0.15) is 5.82 Å². The second-order valence-corrected chi connectivity index (χ2v) is 7.12. The molecule has 0 bridgehead atoms. The van der Waals surface area contributed by atoms with E-state index in [0.717, 1.165) is 57.5 Å². The molecule has 0 amide bonds. The summed E-state index contributed by atoms with van der Waals surface area (Å²) in [6.45, 7) is 5.65. The Bertz CT molecular complexity index is 536. The van der Waals surface area contributed by atoms with Crippen molar-refractivity contribution in [3.05, 3.63) is 24.4 Å². The molecule has 0 spiro atoms. The highest BCUT2D eigenvalue weighted by atomic mass is 16.5. The van der Waals surface area contributed by atoms with E-state index in [2.05, 4.69) is 31.2 Å². The fourth-order valence-electron chi connectivity index (χ4n) is 3.77. The third-order valence-electron chi connectivity index (χ3n) is 5.27. The Morgan fingerprint density at radius 1 is 1.19 bits per heavy atom. The van der Waals surface area contributed by atoms with E-state index >= 15 is 0 Å². The van der Waals surface area contributed by atoms with Crippen LogP contribution in [0.5, 0.6) is 0 Å². The predicted octanol–water partition coefficient (Wildman–Crippen LogP) is 2.52. The lowest BCUT2D eigenvalue weighted by Gasteiger charge is -2.37. The van der Waals surface area contributed by atoms with E-state index in [1.165, 1.54) is 32.1 Å². The molecule has 1 N–H and O–H groups in total. The first-order chi connectivity index (χ1) is 12.9. The van der Waals surface area contributed by atoms with Crippen molar-refractivity contribution in [1.82, 2.24) is 15.2 Å². The Morgan fingerprint density at radius 2 is 2.00 bits per heavy atom. The molecule has 6 heteroatoms. The number of hydrogen-bond donors (Lipinski definition) is 1. The summed E-state index contributed by atoms with van der Waals surface area (Å²) in [7, 11) is 1.87. The summed E-state index contributed by atoms with van der Waals surface area (Å²) in [5.74, 6) is 2.07. The average molecular weight is 360 g/mol.